The summed E-state index contributed by atoms with van der Waals surface area (Å²) >= 11 is 0. The third kappa shape index (κ3) is 6.70. The van der Waals surface area contributed by atoms with Gasteiger partial charge in [-0.1, -0.05) is 18.2 Å². The number of likely N-dealkylation sites (tertiary alicyclic amines) is 1. The van der Waals surface area contributed by atoms with Crippen LogP contribution in [0.25, 0.3) is 0 Å². The molecule has 30 heavy (non-hydrogen) atoms. The van der Waals surface area contributed by atoms with E-state index in [1.165, 1.54) is 0 Å². The predicted octanol–water partition coefficient (Wildman–Crippen LogP) is 2.11. The molecule has 1 fully saturated rings. The highest BCUT2D eigenvalue weighted by molar-refractivity contribution is 7.89. The zero-order chi connectivity index (χ0) is 22.4. The second kappa shape index (κ2) is 10.3. The molecule has 0 atom stereocenters. The molecule has 8 nitrogen and oxygen atoms in total. The van der Waals surface area contributed by atoms with E-state index in [9.17, 15) is 13.2 Å². The number of nitrogens with one attached hydrogen (secondary N) is 2. The number of hydrogen-bond acceptors (Lipinski definition) is 5. The smallest absolute Gasteiger partial charge is 0.309 e. The Morgan fingerprint density at radius 2 is 1.87 bits per heavy atom. The van der Waals surface area contributed by atoms with Crippen molar-refractivity contribution in [2.75, 3.05) is 26.7 Å². The van der Waals surface area contributed by atoms with Crippen LogP contribution in [-0.4, -0.2) is 57.5 Å². The van der Waals surface area contributed by atoms with Crippen LogP contribution >= 0.6 is 0 Å². The molecule has 168 valence electrons. The van der Waals surface area contributed by atoms with Gasteiger partial charge in [0.2, 0.25) is 10.0 Å². The molecule has 9 heteroatoms. The van der Waals surface area contributed by atoms with Gasteiger partial charge in [-0.2, -0.15) is 0 Å². The first-order valence-electron chi connectivity index (χ1n) is 10.3. The Hall–Kier alpha value is -2.13. The fourth-order valence-corrected chi connectivity index (χ4v) is 5.12. The highest BCUT2D eigenvalue weighted by Crippen LogP contribution is 2.20. The van der Waals surface area contributed by atoms with Gasteiger partial charge in [-0.05, 0) is 52.2 Å². The van der Waals surface area contributed by atoms with Crippen LogP contribution in [0.2, 0.25) is 0 Å². The van der Waals surface area contributed by atoms with Crippen molar-refractivity contribution in [1.82, 2.24) is 14.9 Å². The molecule has 2 N–H and O–H groups in total. The van der Waals surface area contributed by atoms with Gasteiger partial charge >= 0.3 is 5.97 Å². The number of nitrogens with zero attached hydrogens (tertiary/aromatic N) is 2. The maximum Gasteiger partial charge on any atom is 0.309 e. The van der Waals surface area contributed by atoms with E-state index in [1.54, 1.807) is 25.2 Å². The average molecular weight is 439 g/mol. The van der Waals surface area contributed by atoms with Gasteiger partial charge in [0.1, 0.15) is 0 Å². The first-order chi connectivity index (χ1) is 14.1. The van der Waals surface area contributed by atoms with Crippen molar-refractivity contribution in [2.24, 2.45) is 10.9 Å². The normalized spacial score (nSPS) is 16.4. The highest BCUT2D eigenvalue weighted by atomic mass is 32.2. The lowest BCUT2D eigenvalue weighted by Crippen LogP contribution is -2.46. The van der Waals surface area contributed by atoms with Crippen LogP contribution in [-0.2, 0) is 26.1 Å². The molecule has 0 spiro atoms. The molecular formula is C21H34N4O4S. The molecule has 0 radical (unpaired) electrons. The number of sulfonamides is 1. The Balaban J connectivity index is 2.04. The largest absolute Gasteiger partial charge is 0.466 e. The van der Waals surface area contributed by atoms with E-state index in [0.29, 0.717) is 50.6 Å². The second-order valence-electron chi connectivity index (χ2n) is 8.38. The van der Waals surface area contributed by atoms with Crippen molar-refractivity contribution < 1.29 is 17.9 Å². The Morgan fingerprint density at radius 1 is 1.23 bits per heavy atom. The van der Waals surface area contributed by atoms with E-state index in [2.05, 4.69) is 19.9 Å². The number of ether oxygens (including phenoxy) is 1. The fraction of sp³-hybridized carbons (Fsp3) is 0.619. The predicted molar refractivity (Wildman–Crippen MR) is 118 cm³/mol. The summed E-state index contributed by atoms with van der Waals surface area (Å²) in [6.45, 7) is 9.35. The molecule has 0 amide bonds. The van der Waals surface area contributed by atoms with Crippen LogP contribution < -0.4 is 10.0 Å². The van der Waals surface area contributed by atoms with Gasteiger partial charge in [0.05, 0.1) is 17.4 Å². The van der Waals surface area contributed by atoms with Gasteiger partial charge in [0, 0.05) is 32.2 Å². The molecule has 2 rings (SSSR count). The lowest BCUT2D eigenvalue weighted by molar-refractivity contribution is -0.149. The molecule has 0 unspecified atom stereocenters. The molecular weight excluding hydrogens is 404 g/mol. The lowest BCUT2D eigenvalue weighted by Gasteiger charge is -2.33. The highest BCUT2D eigenvalue weighted by Gasteiger charge is 2.28. The van der Waals surface area contributed by atoms with Gasteiger partial charge in [-0.25, -0.2) is 13.1 Å². The van der Waals surface area contributed by atoms with Gasteiger partial charge in [-0.3, -0.25) is 9.79 Å². The molecule has 0 bridgehead atoms. The maximum absolute atomic E-state index is 12.8. The van der Waals surface area contributed by atoms with E-state index in [1.807, 2.05) is 33.8 Å². The average Bonchev–Trinajstić information content (AvgIpc) is 2.67. The monoisotopic (exact) mass is 438 g/mol. The van der Waals surface area contributed by atoms with E-state index in [-0.39, 0.29) is 16.8 Å². The minimum atomic E-state index is -3.65. The third-order valence-corrected chi connectivity index (χ3v) is 6.62. The van der Waals surface area contributed by atoms with Crippen LogP contribution in [0.4, 0.5) is 0 Å². The molecule has 1 saturated heterocycles. The van der Waals surface area contributed by atoms with Gasteiger partial charge in [0.15, 0.2) is 5.96 Å². The summed E-state index contributed by atoms with van der Waals surface area (Å²) in [6, 6.07) is 6.94. The van der Waals surface area contributed by atoms with Crippen molar-refractivity contribution in [2.45, 2.75) is 57.5 Å². The zero-order valence-electron chi connectivity index (χ0n) is 18.6. The summed E-state index contributed by atoms with van der Waals surface area (Å²) in [5.74, 6) is 0.479. The number of esters is 1. The molecule has 1 heterocycles. The topological polar surface area (TPSA) is 100 Å². The van der Waals surface area contributed by atoms with Crippen LogP contribution in [0.15, 0.2) is 34.2 Å². The van der Waals surface area contributed by atoms with Crippen molar-refractivity contribution >= 4 is 22.0 Å². The van der Waals surface area contributed by atoms with Crippen LogP contribution in [0.1, 0.15) is 46.1 Å². The van der Waals surface area contributed by atoms with Crippen molar-refractivity contribution in [3.63, 3.8) is 0 Å². The Morgan fingerprint density at radius 3 is 2.43 bits per heavy atom. The number of carbonyl (C=O) groups excluding carboxylic acids is 1. The minimum Gasteiger partial charge on any atom is -0.466 e. The van der Waals surface area contributed by atoms with Crippen LogP contribution in [0.3, 0.4) is 0 Å². The number of guanidine groups is 1. The van der Waals surface area contributed by atoms with Gasteiger partial charge in [-0.15, -0.1) is 0 Å². The van der Waals surface area contributed by atoms with Crippen molar-refractivity contribution in [3.05, 3.63) is 29.8 Å². The summed E-state index contributed by atoms with van der Waals surface area (Å²) in [7, 11) is -1.95. The minimum absolute atomic E-state index is 0.0753. The zero-order valence-corrected chi connectivity index (χ0v) is 19.4. The number of rotatable bonds is 6. The van der Waals surface area contributed by atoms with Crippen molar-refractivity contribution in [3.8, 4) is 0 Å². The molecule has 1 aromatic rings. The number of piperidine rings is 1. The quantitative estimate of drug-likeness (QED) is 0.401. The first kappa shape index (κ1) is 24.1. The fourth-order valence-electron chi connectivity index (χ4n) is 3.46. The van der Waals surface area contributed by atoms with Crippen molar-refractivity contribution in [1.29, 1.82) is 0 Å². The number of aliphatic imine (C=N–C) groups is 1. The Labute approximate surface area is 180 Å². The second-order valence-corrected chi connectivity index (χ2v) is 10.0. The first-order valence-corrected chi connectivity index (χ1v) is 11.8. The van der Waals surface area contributed by atoms with Gasteiger partial charge in [0.25, 0.3) is 0 Å². The SMILES string of the molecule is CCOC(=O)C1CCN(C(=NC)NCc2ccccc2S(=O)(=O)NC(C)(C)C)CC1. The molecule has 1 aromatic carbocycles. The lowest BCUT2D eigenvalue weighted by atomic mass is 9.97. The number of benzene rings is 1. The van der Waals surface area contributed by atoms with E-state index in [0.717, 1.165) is 0 Å². The Kier molecular flexibility index (Phi) is 8.25. The molecule has 1 aliphatic heterocycles. The standard InChI is InChI=1S/C21H34N4O4S/c1-6-29-19(26)16-11-13-25(14-12-16)20(22-5)23-15-17-9-7-8-10-18(17)30(27,28)24-21(2,3)4/h7-10,16,24H,6,11-15H2,1-5H3,(H,22,23). The van der Waals surface area contributed by atoms with Crippen LogP contribution in [0.5, 0.6) is 0 Å². The third-order valence-electron chi connectivity index (χ3n) is 4.77. The summed E-state index contributed by atoms with van der Waals surface area (Å²) in [4.78, 5) is 18.6. The van der Waals surface area contributed by atoms with Crippen LogP contribution in [0, 0.1) is 5.92 Å². The molecule has 0 aromatic heterocycles. The maximum atomic E-state index is 12.8. The summed E-state index contributed by atoms with van der Waals surface area (Å²) in [6.07, 6.45) is 1.42. The van der Waals surface area contributed by atoms with E-state index >= 15 is 0 Å². The number of hydrogen-bond donors (Lipinski definition) is 2. The molecule has 1 aliphatic rings. The van der Waals surface area contributed by atoms with E-state index < -0.39 is 15.6 Å². The summed E-state index contributed by atoms with van der Waals surface area (Å²) < 4.78 is 33.5. The summed E-state index contributed by atoms with van der Waals surface area (Å²) in [5.41, 5.74) is 0.0930. The van der Waals surface area contributed by atoms with Gasteiger partial charge < -0.3 is 15.0 Å². The molecule has 0 saturated carbocycles. The number of carbonyl (C=O) groups is 1. The van der Waals surface area contributed by atoms with E-state index in [4.69, 9.17) is 4.74 Å². The Bertz CT molecular complexity index is 854. The molecule has 0 aliphatic carbocycles. The summed E-state index contributed by atoms with van der Waals surface area (Å²) in [5, 5.41) is 3.27.